The third kappa shape index (κ3) is 4.42. The highest BCUT2D eigenvalue weighted by Crippen LogP contribution is 2.46. The highest BCUT2D eigenvalue weighted by atomic mass is 16.4. The molecule has 0 aliphatic carbocycles. The number of carbonyl (C=O) groups is 3. The van der Waals surface area contributed by atoms with Gasteiger partial charge in [0.25, 0.3) is 0 Å². The van der Waals surface area contributed by atoms with Crippen LogP contribution in [0.2, 0.25) is 0 Å². The van der Waals surface area contributed by atoms with Gasteiger partial charge in [0.2, 0.25) is 17.8 Å². The lowest BCUT2D eigenvalue weighted by Crippen LogP contribution is -2.52. The molecule has 0 radical (unpaired) electrons. The highest BCUT2D eigenvalue weighted by Gasteiger charge is 2.50. The second kappa shape index (κ2) is 9.26. The molecule has 1 aliphatic rings. The summed E-state index contributed by atoms with van der Waals surface area (Å²) in [4.78, 5) is 49.1. The molecule has 0 saturated heterocycles. The molecule has 2 aromatic heterocycles. The van der Waals surface area contributed by atoms with E-state index in [-0.39, 0.29) is 17.9 Å². The molecule has 188 valence electrons. The van der Waals surface area contributed by atoms with Crippen LogP contribution in [0.15, 0.2) is 67.1 Å². The molecule has 0 saturated carbocycles. The number of carboxylic acids is 1. The van der Waals surface area contributed by atoms with Gasteiger partial charge in [-0.3, -0.25) is 19.9 Å². The number of amides is 2. The summed E-state index contributed by atoms with van der Waals surface area (Å²) in [6.45, 7) is 1.65. The van der Waals surface area contributed by atoms with Gasteiger partial charge < -0.3 is 26.5 Å². The Morgan fingerprint density at radius 2 is 1.81 bits per heavy atom. The van der Waals surface area contributed by atoms with Crippen molar-refractivity contribution in [2.75, 3.05) is 16.0 Å². The Hall–Kier alpha value is -4.93. The number of aromatic amines is 1. The van der Waals surface area contributed by atoms with E-state index in [2.05, 4.69) is 25.9 Å². The van der Waals surface area contributed by atoms with Gasteiger partial charge in [-0.05, 0) is 36.1 Å². The van der Waals surface area contributed by atoms with Crippen molar-refractivity contribution in [3.05, 3.63) is 78.4 Å². The molecule has 4 aromatic rings. The summed E-state index contributed by atoms with van der Waals surface area (Å²) >= 11 is 0. The third-order valence-corrected chi connectivity index (χ3v) is 6.62. The summed E-state index contributed by atoms with van der Waals surface area (Å²) in [5, 5.41) is 20.8. The molecule has 5 rings (SSSR count). The minimum absolute atomic E-state index is 0.0656. The number of hydrogen-bond acceptors (Lipinski definition) is 7. The van der Waals surface area contributed by atoms with E-state index >= 15 is 0 Å². The van der Waals surface area contributed by atoms with Crippen molar-refractivity contribution in [2.24, 2.45) is 17.6 Å². The lowest BCUT2D eigenvalue weighted by Gasteiger charge is -2.38. The number of benzene rings is 2. The number of anilines is 3. The number of H-pyrrole nitrogens is 1. The van der Waals surface area contributed by atoms with Crippen molar-refractivity contribution < 1.29 is 19.5 Å². The predicted octanol–water partition coefficient (Wildman–Crippen LogP) is 3.11. The second-order valence-electron chi connectivity index (χ2n) is 9.06. The number of aromatic carboxylic acids is 1. The minimum atomic E-state index is -1.34. The number of imidazole rings is 1. The quantitative estimate of drug-likeness (QED) is 0.214. The maximum Gasteiger partial charge on any atom is 0.335 e. The van der Waals surface area contributed by atoms with Gasteiger partial charge in [-0.1, -0.05) is 31.2 Å². The van der Waals surface area contributed by atoms with E-state index in [0.717, 1.165) is 10.8 Å². The standard InChI is InChI=1S/C26H25N7O4/c1-14(22(27)34)10-18(23(35)31-25-28-8-9-29-25)26(21-12-15-4-2-3-5-17(15)13-30-21)32-19-7-6-16(24(36)37)11-20(19)33-26/h2-9,11-14,18,32-33H,10H2,1H3,(H2,27,34)(H,36,37)(H2,28,29,31,35). The number of nitrogens with one attached hydrogen (secondary N) is 4. The Morgan fingerprint density at radius 1 is 1.05 bits per heavy atom. The van der Waals surface area contributed by atoms with Crippen LogP contribution in [-0.4, -0.2) is 37.8 Å². The third-order valence-electron chi connectivity index (χ3n) is 6.62. The maximum atomic E-state index is 13.8. The molecule has 7 N–H and O–H groups in total. The molecule has 3 heterocycles. The fraction of sp³-hybridized carbons (Fsp3) is 0.192. The molecule has 1 aliphatic heterocycles. The van der Waals surface area contributed by atoms with Gasteiger partial charge in [0.15, 0.2) is 5.66 Å². The number of hydrogen-bond donors (Lipinski definition) is 6. The monoisotopic (exact) mass is 499 g/mol. The number of carbonyl (C=O) groups excluding carboxylic acids is 2. The van der Waals surface area contributed by atoms with Crippen molar-refractivity contribution in [3.8, 4) is 0 Å². The van der Waals surface area contributed by atoms with E-state index in [1.807, 2.05) is 30.3 Å². The number of pyridine rings is 1. The average Bonchev–Trinajstić information content (AvgIpc) is 3.54. The zero-order chi connectivity index (χ0) is 26.2. The van der Waals surface area contributed by atoms with Crippen LogP contribution in [0.5, 0.6) is 0 Å². The van der Waals surface area contributed by atoms with Crippen LogP contribution in [-0.2, 0) is 15.3 Å². The Balaban J connectivity index is 1.67. The first-order chi connectivity index (χ1) is 17.8. The van der Waals surface area contributed by atoms with Crippen LogP contribution < -0.4 is 21.7 Å². The number of carboxylic acid groups (broad SMARTS) is 1. The van der Waals surface area contributed by atoms with E-state index in [1.165, 1.54) is 18.3 Å². The summed E-state index contributed by atoms with van der Waals surface area (Å²) in [5.74, 6) is -3.43. The smallest absolute Gasteiger partial charge is 0.335 e. The van der Waals surface area contributed by atoms with Crippen LogP contribution in [0.1, 0.15) is 29.4 Å². The van der Waals surface area contributed by atoms with Crippen molar-refractivity contribution in [1.82, 2.24) is 15.0 Å². The average molecular weight is 500 g/mol. The number of nitrogens with zero attached hydrogens (tertiary/aromatic N) is 2. The number of nitrogens with two attached hydrogens (primary N) is 1. The summed E-state index contributed by atoms with van der Waals surface area (Å²) in [6.07, 6.45) is 4.86. The van der Waals surface area contributed by atoms with Gasteiger partial charge in [-0.15, -0.1) is 0 Å². The van der Waals surface area contributed by atoms with Crippen LogP contribution in [0.25, 0.3) is 10.8 Å². The Morgan fingerprint density at radius 3 is 2.51 bits per heavy atom. The number of fused-ring (bicyclic) bond motifs is 2. The SMILES string of the molecule is CC(CC(C(=O)Nc1ncc[nH]1)C1(c2cc3ccccc3cn2)Nc2ccc(C(=O)O)cc2N1)C(N)=O. The first-order valence-electron chi connectivity index (χ1n) is 11.7. The lowest BCUT2D eigenvalue weighted by molar-refractivity contribution is -0.124. The molecule has 3 unspecified atom stereocenters. The zero-order valence-electron chi connectivity index (χ0n) is 19.9. The molecule has 3 atom stereocenters. The fourth-order valence-corrected chi connectivity index (χ4v) is 4.61. The normalized spacial score (nSPS) is 17.8. The van der Waals surface area contributed by atoms with E-state index in [0.29, 0.717) is 17.1 Å². The number of rotatable bonds is 8. The van der Waals surface area contributed by atoms with Gasteiger partial charge in [0, 0.05) is 29.9 Å². The second-order valence-corrected chi connectivity index (χ2v) is 9.06. The van der Waals surface area contributed by atoms with Crippen LogP contribution in [0, 0.1) is 11.8 Å². The zero-order valence-corrected chi connectivity index (χ0v) is 19.9. The van der Waals surface area contributed by atoms with Gasteiger partial charge in [0.1, 0.15) is 0 Å². The summed E-state index contributed by atoms with van der Waals surface area (Å²) < 4.78 is 0. The topological polar surface area (TPSA) is 175 Å². The van der Waals surface area contributed by atoms with E-state index in [9.17, 15) is 19.5 Å². The number of primary amides is 1. The van der Waals surface area contributed by atoms with Gasteiger partial charge in [-0.2, -0.15) is 0 Å². The fourth-order valence-electron chi connectivity index (χ4n) is 4.61. The first kappa shape index (κ1) is 23.8. The number of aromatic nitrogens is 3. The van der Waals surface area contributed by atoms with E-state index < -0.39 is 35.3 Å². The van der Waals surface area contributed by atoms with Gasteiger partial charge >= 0.3 is 5.97 Å². The van der Waals surface area contributed by atoms with Crippen molar-refractivity contribution in [2.45, 2.75) is 19.0 Å². The molecule has 0 fully saturated rings. The summed E-state index contributed by atoms with van der Waals surface area (Å²) in [7, 11) is 0. The van der Waals surface area contributed by atoms with Crippen LogP contribution >= 0.6 is 0 Å². The van der Waals surface area contributed by atoms with E-state index in [4.69, 9.17) is 10.7 Å². The maximum absolute atomic E-state index is 13.8. The van der Waals surface area contributed by atoms with E-state index in [1.54, 1.807) is 25.4 Å². The largest absolute Gasteiger partial charge is 0.478 e. The molecule has 2 amide bonds. The van der Waals surface area contributed by atoms with Gasteiger partial charge in [-0.25, -0.2) is 9.78 Å². The Bertz CT molecular complexity index is 1500. The molecular formula is C26H25N7O4. The minimum Gasteiger partial charge on any atom is -0.478 e. The lowest BCUT2D eigenvalue weighted by atomic mass is 9.81. The molecule has 0 spiro atoms. The van der Waals surface area contributed by atoms with Crippen molar-refractivity contribution in [1.29, 1.82) is 0 Å². The summed E-state index contributed by atoms with van der Waals surface area (Å²) in [5.41, 5.74) is 5.89. The van der Waals surface area contributed by atoms with Gasteiger partial charge in [0.05, 0.1) is 28.6 Å². The molecule has 37 heavy (non-hydrogen) atoms. The Labute approximate surface area is 211 Å². The van der Waals surface area contributed by atoms with Crippen molar-refractivity contribution in [3.63, 3.8) is 0 Å². The van der Waals surface area contributed by atoms with Crippen molar-refractivity contribution >= 4 is 45.9 Å². The predicted molar refractivity (Wildman–Crippen MR) is 138 cm³/mol. The van der Waals surface area contributed by atoms with Crippen LogP contribution in [0.3, 0.4) is 0 Å². The summed E-state index contributed by atoms with van der Waals surface area (Å²) in [6, 6.07) is 14.1. The molecule has 0 bridgehead atoms. The molecular weight excluding hydrogens is 474 g/mol. The Kier molecular flexibility index (Phi) is 5.96. The molecule has 11 heteroatoms. The highest BCUT2D eigenvalue weighted by molar-refractivity contribution is 5.96. The molecule has 11 nitrogen and oxygen atoms in total. The first-order valence-corrected chi connectivity index (χ1v) is 11.7. The van der Waals surface area contributed by atoms with Crippen LogP contribution in [0.4, 0.5) is 17.3 Å². The molecule has 2 aromatic carbocycles.